The van der Waals surface area contributed by atoms with Crippen LogP contribution >= 0.6 is 23.4 Å². The highest BCUT2D eigenvalue weighted by molar-refractivity contribution is 8.01. The summed E-state index contributed by atoms with van der Waals surface area (Å²) in [6.07, 6.45) is 0. The van der Waals surface area contributed by atoms with E-state index in [1.807, 2.05) is 51.1 Å². The first-order valence-corrected chi connectivity index (χ1v) is 6.29. The van der Waals surface area contributed by atoms with Crippen molar-refractivity contribution in [2.75, 3.05) is 0 Å². The second kappa shape index (κ2) is 5.60. The molecule has 0 spiro atoms. The van der Waals surface area contributed by atoms with Crippen molar-refractivity contribution in [2.24, 2.45) is 0 Å². The van der Waals surface area contributed by atoms with E-state index in [1.54, 1.807) is 0 Å². The fourth-order valence-corrected chi connectivity index (χ4v) is 2.07. The monoisotopic (exact) mass is 258 g/mol. The number of thioether (sulfide) groups is 1. The Balaban J connectivity index is 2.53. The molecule has 2 nitrogen and oxygen atoms in total. The van der Waals surface area contributed by atoms with Crippen molar-refractivity contribution in [1.29, 1.82) is 0 Å². The minimum absolute atomic E-state index is 0.400. The van der Waals surface area contributed by atoms with E-state index in [4.69, 9.17) is 16.3 Å². The molecule has 4 heteroatoms. The highest BCUT2D eigenvalue weighted by Gasteiger charge is 2.23. The van der Waals surface area contributed by atoms with Crippen molar-refractivity contribution in [3.63, 3.8) is 0 Å². The average Bonchev–Trinajstić information content (AvgIpc) is 2.16. The lowest BCUT2D eigenvalue weighted by Gasteiger charge is -2.21. The fraction of sp³-hybridized carbons (Fsp3) is 0.417. The quantitative estimate of drug-likeness (QED) is 0.470. The molecule has 0 N–H and O–H groups in total. The van der Waals surface area contributed by atoms with Crippen LogP contribution in [0, 0.1) is 0 Å². The zero-order valence-corrected chi connectivity index (χ0v) is 11.1. The minimum atomic E-state index is -0.707. The van der Waals surface area contributed by atoms with Gasteiger partial charge in [-0.25, -0.2) is 4.79 Å². The van der Waals surface area contributed by atoms with Crippen LogP contribution in [0.25, 0.3) is 0 Å². The second-order valence-electron chi connectivity index (χ2n) is 4.28. The molecule has 0 aliphatic heterocycles. The maximum atomic E-state index is 11.6. The van der Waals surface area contributed by atoms with Crippen molar-refractivity contribution in [1.82, 2.24) is 0 Å². The van der Waals surface area contributed by atoms with Gasteiger partial charge in [-0.15, -0.1) is 0 Å². The van der Waals surface area contributed by atoms with Gasteiger partial charge in [0.2, 0.25) is 0 Å². The molecule has 1 aromatic rings. The van der Waals surface area contributed by atoms with Gasteiger partial charge in [0, 0.05) is 4.90 Å². The van der Waals surface area contributed by atoms with Crippen LogP contribution in [0.5, 0.6) is 0 Å². The Kier molecular flexibility index (Phi) is 4.69. The predicted molar refractivity (Wildman–Crippen MR) is 67.8 cm³/mol. The molecule has 1 rings (SSSR count). The lowest BCUT2D eigenvalue weighted by Crippen LogP contribution is -2.27. The molecule has 0 bridgehead atoms. The predicted octanol–water partition coefficient (Wildman–Crippen LogP) is 3.69. The third-order valence-corrected chi connectivity index (χ3v) is 2.96. The summed E-state index contributed by atoms with van der Waals surface area (Å²) in [7, 11) is 0. The lowest BCUT2D eigenvalue weighted by molar-refractivity contribution is -0.152. The van der Waals surface area contributed by atoms with E-state index < -0.39 is 16.3 Å². The summed E-state index contributed by atoms with van der Waals surface area (Å²) >= 11 is 7.24. The van der Waals surface area contributed by atoms with Crippen LogP contribution in [0.3, 0.4) is 0 Å². The molecule has 16 heavy (non-hydrogen) atoms. The van der Waals surface area contributed by atoms with E-state index in [1.165, 1.54) is 11.8 Å². The van der Waals surface area contributed by atoms with Crippen LogP contribution in [-0.2, 0) is 9.53 Å². The summed E-state index contributed by atoms with van der Waals surface area (Å²) in [5, 5.41) is 0. The van der Waals surface area contributed by atoms with Crippen molar-refractivity contribution < 1.29 is 9.53 Å². The van der Waals surface area contributed by atoms with E-state index in [2.05, 4.69) is 0 Å². The summed E-state index contributed by atoms with van der Waals surface area (Å²) in [6.45, 7) is 5.46. The average molecular weight is 259 g/mol. The maximum Gasteiger partial charge on any atom is 0.335 e. The molecular formula is C12H15ClO2S. The molecule has 0 aliphatic rings. The highest BCUT2D eigenvalue weighted by atomic mass is 35.5. The number of esters is 1. The molecule has 0 fully saturated rings. The number of hydrogen-bond acceptors (Lipinski definition) is 3. The van der Waals surface area contributed by atoms with Crippen LogP contribution < -0.4 is 0 Å². The molecule has 1 aromatic carbocycles. The molecular weight excluding hydrogens is 244 g/mol. The van der Waals surface area contributed by atoms with Crippen LogP contribution in [0.2, 0.25) is 0 Å². The summed E-state index contributed by atoms with van der Waals surface area (Å²) in [4.78, 5) is 12.5. The normalized spacial score (nSPS) is 13.2. The van der Waals surface area contributed by atoms with E-state index in [0.29, 0.717) is 0 Å². The molecule has 1 unspecified atom stereocenters. The zero-order valence-electron chi connectivity index (χ0n) is 9.57. The first-order chi connectivity index (χ1) is 7.38. The molecule has 0 amide bonds. The Morgan fingerprint density at radius 2 is 1.88 bits per heavy atom. The first kappa shape index (κ1) is 13.4. The standard InChI is InChI=1S/C12H15ClO2S/c1-12(2,3)15-11(14)10(13)16-9-7-5-4-6-8-9/h4-8,10H,1-3H3. The Labute approximate surface area is 105 Å². The van der Waals surface area contributed by atoms with Crippen LogP contribution in [0.1, 0.15) is 20.8 Å². The third kappa shape index (κ3) is 4.90. The van der Waals surface area contributed by atoms with Crippen molar-refractivity contribution >= 4 is 29.3 Å². The SMILES string of the molecule is CC(C)(C)OC(=O)C(Cl)Sc1ccccc1. The molecule has 0 saturated carbocycles. The Morgan fingerprint density at radius 1 is 1.31 bits per heavy atom. The van der Waals surface area contributed by atoms with Crippen LogP contribution in [0.4, 0.5) is 0 Å². The van der Waals surface area contributed by atoms with E-state index >= 15 is 0 Å². The second-order valence-corrected chi connectivity index (χ2v) is 6.15. The topological polar surface area (TPSA) is 26.3 Å². The van der Waals surface area contributed by atoms with Gasteiger partial charge in [-0.2, -0.15) is 0 Å². The molecule has 0 radical (unpaired) electrons. The van der Waals surface area contributed by atoms with Gasteiger partial charge < -0.3 is 4.74 Å². The highest BCUT2D eigenvalue weighted by Crippen LogP contribution is 2.27. The van der Waals surface area contributed by atoms with Crippen LogP contribution in [-0.4, -0.2) is 16.3 Å². The van der Waals surface area contributed by atoms with Gasteiger partial charge in [0.1, 0.15) is 5.60 Å². The van der Waals surface area contributed by atoms with Gasteiger partial charge in [-0.05, 0) is 32.9 Å². The zero-order chi connectivity index (χ0) is 12.2. The fourth-order valence-electron chi connectivity index (χ4n) is 1.01. The number of halogens is 1. The number of rotatable bonds is 3. The number of alkyl halides is 1. The Morgan fingerprint density at radius 3 is 2.38 bits per heavy atom. The smallest absolute Gasteiger partial charge is 0.335 e. The van der Waals surface area contributed by atoms with Gasteiger partial charge in [0.25, 0.3) is 0 Å². The van der Waals surface area contributed by atoms with Gasteiger partial charge in [0.15, 0.2) is 4.71 Å². The lowest BCUT2D eigenvalue weighted by atomic mass is 10.2. The summed E-state index contributed by atoms with van der Waals surface area (Å²) < 4.78 is 4.47. The number of carbonyl (C=O) groups excluding carboxylic acids is 1. The van der Waals surface area contributed by atoms with E-state index in [9.17, 15) is 4.79 Å². The summed E-state index contributed by atoms with van der Waals surface area (Å²) in [5.41, 5.74) is -0.499. The van der Waals surface area contributed by atoms with E-state index in [-0.39, 0.29) is 0 Å². The van der Waals surface area contributed by atoms with E-state index in [0.717, 1.165) is 4.90 Å². The van der Waals surface area contributed by atoms with Gasteiger partial charge >= 0.3 is 5.97 Å². The molecule has 88 valence electrons. The maximum absolute atomic E-state index is 11.6. The summed E-state index contributed by atoms with van der Waals surface area (Å²) in [6, 6.07) is 9.54. The Bertz CT molecular complexity index is 346. The van der Waals surface area contributed by atoms with Crippen molar-refractivity contribution in [3.8, 4) is 0 Å². The largest absolute Gasteiger partial charge is 0.458 e. The minimum Gasteiger partial charge on any atom is -0.458 e. The molecule has 0 heterocycles. The van der Waals surface area contributed by atoms with Crippen molar-refractivity contribution in [3.05, 3.63) is 30.3 Å². The number of hydrogen-bond donors (Lipinski definition) is 0. The van der Waals surface area contributed by atoms with Gasteiger partial charge in [-0.1, -0.05) is 41.6 Å². The third-order valence-electron chi connectivity index (χ3n) is 1.57. The van der Waals surface area contributed by atoms with Gasteiger partial charge in [0.05, 0.1) is 0 Å². The molecule has 0 aliphatic carbocycles. The van der Waals surface area contributed by atoms with Crippen molar-refractivity contribution in [2.45, 2.75) is 36.0 Å². The number of benzene rings is 1. The number of carbonyl (C=O) groups is 1. The number of ether oxygens (including phenoxy) is 1. The molecule has 1 atom stereocenters. The first-order valence-electron chi connectivity index (χ1n) is 4.97. The molecule has 0 saturated heterocycles. The van der Waals surface area contributed by atoms with Gasteiger partial charge in [-0.3, -0.25) is 0 Å². The Hall–Kier alpha value is -0.670. The summed E-state index contributed by atoms with van der Waals surface area (Å²) in [5.74, 6) is -0.400. The van der Waals surface area contributed by atoms with Crippen LogP contribution in [0.15, 0.2) is 35.2 Å². The molecule has 0 aromatic heterocycles.